The number of hydrogen-bond donors (Lipinski definition) is 0. The molecule has 2 aliphatic carbocycles. The first kappa shape index (κ1) is 87.6. The summed E-state index contributed by atoms with van der Waals surface area (Å²) in [4.78, 5) is 45.4. The van der Waals surface area contributed by atoms with Crippen molar-refractivity contribution in [1.29, 1.82) is 0 Å². The number of aromatic nitrogens is 10. The minimum Gasteiger partial charge on any atom is -0.477 e. The van der Waals surface area contributed by atoms with Crippen LogP contribution in [-0.2, 0) is 38.6 Å². The van der Waals surface area contributed by atoms with Gasteiger partial charge in [-0.2, -0.15) is 10.2 Å². The lowest BCUT2D eigenvalue weighted by Gasteiger charge is -1.93. The van der Waals surface area contributed by atoms with E-state index in [1.807, 2.05) is 240 Å². The normalized spacial score (nSPS) is 10.7. The van der Waals surface area contributed by atoms with Crippen LogP contribution in [0.2, 0.25) is 0 Å². The molecule has 13 heterocycles. The number of azo groups is 1. The molecule has 18 rings (SSSR count). The van der Waals surface area contributed by atoms with Crippen LogP contribution in [0, 0.1) is 0 Å². The maximum Gasteiger partial charge on any atom is 0.246 e. The van der Waals surface area contributed by atoms with Crippen LogP contribution in [-0.4, -0.2) is 62.7 Å². The Morgan fingerprint density at radius 3 is 1.69 bits per heavy atom. The number of para-hydroxylation sites is 2. The molecule has 17 heteroatoms. The molecule has 16 nitrogen and oxygen atoms in total. The highest BCUT2D eigenvalue weighted by atomic mass is 32.1. The summed E-state index contributed by atoms with van der Waals surface area (Å²) >= 11 is 1.57. The van der Waals surface area contributed by atoms with Gasteiger partial charge in [0.2, 0.25) is 17.3 Å². The second-order valence-corrected chi connectivity index (χ2v) is 18.9. The fraction of sp³-hybridized carbons (Fsp3) is 0.313. The Balaban J connectivity index is 0.000000547. The SMILES string of the molecule is C1=Cc2ccccc2C1.C1=Nc2ccccc2C1.CC.CC.CC.CC.CC.CC.CC.CC.CC.c1ccc2ncccc2c1.c1cnc2c(c1)CCC2.c1cnc2c(c1)CCO2.c1cnc2c(c1)N=NC2.c1cnc2ocnc2c1.c1cnc2scnc2c1.c1ncc2ccoc2n1. The smallest absolute Gasteiger partial charge is 0.246 e. The first-order chi connectivity index (χ1) is 49.7. The maximum atomic E-state index is 5.19. The van der Waals surface area contributed by atoms with Crippen molar-refractivity contribution in [3.63, 3.8) is 0 Å². The minimum absolute atomic E-state index is 0.595. The number of thiazole rings is 1. The van der Waals surface area contributed by atoms with Crippen LogP contribution in [0.4, 0.5) is 11.4 Å². The molecule has 0 radical (unpaired) electrons. The number of oxazole rings is 1. The Morgan fingerprint density at radius 2 is 1.00 bits per heavy atom. The summed E-state index contributed by atoms with van der Waals surface area (Å²) < 4.78 is 15.0. The van der Waals surface area contributed by atoms with E-state index in [1.165, 1.54) is 70.9 Å². The molecule has 5 aliphatic rings. The van der Waals surface area contributed by atoms with Gasteiger partial charge in [-0.1, -0.05) is 216 Å². The third-order valence-corrected chi connectivity index (χ3v) is 13.4. The highest BCUT2D eigenvalue weighted by Gasteiger charge is 2.11. The topological polar surface area (TPSA) is 201 Å². The quantitative estimate of drug-likeness (QED) is 0.139. The molecule has 530 valence electrons. The average molecular weight is 1370 g/mol. The number of hydrogen-bond acceptors (Lipinski definition) is 17. The molecule has 0 atom stereocenters. The van der Waals surface area contributed by atoms with Crippen molar-refractivity contribution in [2.45, 2.75) is 170 Å². The molecule has 100 heavy (non-hydrogen) atoms. The summed E-state index contributed by atoms with van der Waals surface area (Å²) in [7, 11) is 0. The first-order valence-electron chi connectivity index (χ1n) is 35.6. The van der Waals surface area contributed by atoms with Crippen LogP contribution in [0.25, 0.3) is 49.7 Å². The van der Waals surface area contributed by atoms with E-state index in [-0.39, 0.29) is 0 Å². The lowest BCUT2D eigenvalue weighted by Crippen LogP contribution is -1.87. The van der Waals surface area contributed by atoms with Crippen LogP contribution < -0.4 is 4.74 Å². The highest BCUT2D eigenvalue weighted by Crippen LogP contribution is 2.25. The molecule has 3 aliphatic heterocycles. The van der Waals surface area contributed by atoms with Crippen molar-refractivity contribution in [1.82, 2.24) is 49.8 Å². The average Bonchev–Trinajstić information content (AvgIpc) is 2.17. The van der Waals surface area contributed by atoms with Gasteiger partial charge in [0.1, 0.15) is 28.9 Å². The second kappa shape index (κ2) is 58.7. The van der Waals surface area contributed by atoms with Gasteiger partial charge in [-0.15, -0.1) is 11.3 Å². The second-order valence-electron chi connectivity index (χ2n) is 18.1. The monoisotopic (exact) mass is 1370 g/mol. The van der Waals surface area contributed by atoms with Crippen molar-refractivity contribution in [2.24, 2.45) is 15.2 Å². The van der Waals surface area contributed by atoms with Gasteiger partial charge in [-0.05, 0) is 121 Å². The molecule has 0 fully saturated rings. The number of furan rings is 1. The molecule has 0 saturated carbocycles. The number of pyridine rings is 6. The highest BCUT2D eigenvalue weighted by molar-refractivity contribution is 7.16. The van der Waals surface area contributed by atoms with Gasteiger partial charge in [0.25, 0.3) is 0 Å². The Labute approximate surface area is 600 Å². The van der Waals surface area contributed by atoms with E-state index in [4.69, 9.17) is 13.6 Å². The zero-order valence-electron chi connectivity index (χ0n) is 62.6. The van der Waals surface area contributed by atoms with E-state index < -0.39 is 0 Å². The number of rotatable bonds is 0. The number of aliphatic imine (C=N–C) groups is 1. The molecule has 0 bridgehead atoms. The Hall–Kier alpha value is -10.4. The fourth-order valence-corrected chi connectivity index (χ4v) is 9.21. The predicted octanol–water partition coefficient (Wildman–Crippen LogP) is 24.1. The standard InChI is InChI=1S/C9H7N.C9H8.C8H9N.C8H7N.C7H7NO.C6H5N3.2C6H4N2O.C6H4N2S.9C2H6/c1-2-6-9-8(4-1)5-3-7-10-9;1-2-5-9-7-3-6-8(9)4-1;1-3-7-4-2-6-9-8(7)5-1;1-2-4-8-7(3-1)5-6-9-8;1-2-6-3-5-9-7(6)8-4-1;1-2-5-6(7-3-1)4-8-9-5;1-2-9-6-5(1)3-7-4-8-6;2*1-2-5-6(7-3-1)9-4-8-5;9*1-2/h1-7H;1-6H,7H2;2,4,6H,1,3,5H2;1-4,6H,5H2;1-2,4H,3,5H2;1-3H,4H2;3*1-4H;9*1-2H3. The number of aryl methyl sites for hydroxylation is 2. The van der Waals surface area contributed by atoms with Gasteiger partial charge < -0.3 is 13.6 Å². The summed E-state index contributed by atoms with van der Waals surface area (Å²) in [5, 5.41) is 9.82. The minimum atomic E-state index is 0.595. The Kier molecular flexibility index (Phi) is 51.5. The molecule has 0 amide bonds. The summed E-state index contributed by atoms with van der Waals surface area (Å²) in [6.45, 7) is 37.4. The van der Waals surface area contributed by atoms with Gasteiger partial charge in [0, 0.05) is 79.1 Å². The van der Waals surface area contributed by atoms with Gasteiger partial charge in [0.05, 0.1) is 46.2 Å². The number of allylic oxidation sites excluding steroid dienone is 1. The summed E-state index contributed by atoms with van der Waals surface area (Å²) in [5.74, 6) is 0.817. The zero-order valence-corrected chi connectivity index (χ0v) is 63.4. The van der Waals surface area contributed by atoms with Crippen molar-refractivity contribution < 1.29 is 13.6 Å². The number of nitrogens with zero attached hydrogens (tertiary/aromatic N) is 13. The van der Waals surface area contributed by atoms with Crippen LogP contribution >= 0.6 is 11.3 Å². The largest absolute Gasteiger partial charge is 0.477 e. The van der Waals surface area contributed by atoms with E-state index in [1.54, 1.807) is 54.1 Å². The number of fused-ring (bicyclic) bond motifs is 9. The lowest BCUT2D eigenvalue weighted by atomic mass is 10.1. The van der Waals surface area contributed by atoms with Gasteiger partial charge >= 0.3 is 0 Å². The molecular formula is C83H109N13O3S. The predicted molar refractivity (Wildman–Crippen MR) is 425 cm³/mol. The molecule has 13 aromatic rings. The molecule has 0 spiro atoms. The van der Waals surface area contributed by atoms with E-state index in [0.29, 0.717) is 18.0 Å². The van der Waals surface area contributed by atoms with Crippen LogP contribution in [0.3, 0.4) is 0 Å². The third kappa shape index (κ3) is 31.9. The number of ether oxygens (including phenoxy) is 1. The van der Waals surface area contributed by atoms with Gasteiger partial charge in [-0.3, -0.25) is 19.9 Å². The maximum absolute atomic E-state index is 5.19. The summed E-state index contributed by atoms with van der Waals surface area (Å²) in [5.41, 5.74) is 17.1. The fourth-order valence-electron chi connectivity index (χ4n) is 8.58. The Morgan fingerprint density at radius 1 is 0.410 bits per heavy atom. The van der Waals surface area contributed by atoms with Crippen LogP contribution in [0.5, 0.6) is 5.88 Å². The third-order valence-electron chi connectivity index (χ3n) is 12.6. The van der Waals surface area contributed by atoms with Crippen molar-refractivity contribution in [3.05, 3.63) is 265 Å². The Bertz CT molecular complexity index is 3620. The summed E-state index contributed by atoms with van der Waals surface area (Å²) in [6, 6.07) is 50.1. The lowest BCUT2D eigenvalue weighted by molar-refractivity contribution is 0.345. The number of benzene rings is 3. The molecule has 10 aromatic heterocycles. The zero-order chi connectivity index (χ0) is 73.6. The van der Waals surface area contributed by atoms with E-state index >= 15 is 0 Å². The van der Waals surface area contributed by atoms with Crippen LogP contribution in [0.15, 0.2) is 250 Å². The van der Waals surface area contributed by atoms with Gasteiger partial charge in [0.15, 0.2) is 6.39 Å². The molecule has 0 unspecified atom stereocenters. The molecule has 0 N–H and O–H groups in total. The van der Waals surface area contributed by atoms with Gasteiger partial charge in [-0.25, -0.2) is 34.9 Å². The summed E-state index contributed by atoms with van der Waals surface area (Å²) in [6.07, 6.45) is 30.0. The van der Waals surface area contributed by atoms with E-state index in [2.05, 4.69) is 132 Å². The van der Waals surface area contributed by atoms with E-state index in [0.717, 1.165) is 75.6 Å². The van der Waals surface area contributed by atoms with Crippen molar-refractivity contribution in [2.75, 3.05) is 6.61 Å². The first-order valence-corrected chi connectivity index (χ1v) is 36.5. The van der Waals surface area contributed by atoms with Crippen molar-refractivity contribution >= 4 is 78.6 Å². The molecule has 3 aromatic carbocycles. The molecular weight excluding hydrogens is 1260 g/mol. The van der Waals surface area contributed by atoms with Crippen molar-refractivity contribution in [3.8, 4) is 5.88 Å². The van der Waals surface area contributed by atoms with Crippen LogP contribution in [0.1, 0.15) is 170 Å². The molecule has 0 saturated heterocycles. The van der Waals surface area contributed by atoms with E-state index in [9.17, 15) is 0 Å².